The average molecular weight is 211 g/mol. The summed E-state index contributed by atoms with van der Waals surface area (Å²) < 4.78 is 20.9. The molecule has 1 aliphatic carbocycles. The van der Waals surface area contributed by atoms with Crippen LogP contribution in [0.5, 0.6) is 0 Å². The first-order valence-corrected chi connectivity index (χ1v) is 4.65. The van der Waals surface area contributed by atoms with Crippen LogP contribution < -0.4 is 0 Å². The van der Waals surface area contributed by atoms with Crippen LogP contribution in [0.2, 0.25) is 0 Å². The van der Waals surface area contributed by atoms with Gasteiger partial charge >= 0.3 is 0 Å². The Hall–Kier alpha value is -1.85. The van der Waals surface area contributed by atoms with Crippen LogP contribution in [-0.4, -0.2) is 19.2 Å². The SMILES string of the molecule is [N-]=[N+]=NC(=O)C1=CCC(=S(=O)=O)C=C1. The average Bonchev–Trinajstić information content (AvgIpc) is 2.18. The quantitative estimate of drug-likeness (QED) is 0.277. The van der Waals surface area contributed by atoms with Crippen molar-refractivity contribution in [2.75, 3.05) is 0 Å². The van der Waals surface area contributed by atoms with Crippen LogP contribution in [0.1, 0.15) is 6.42 Å². The second-order valence-electron chi connectivity index (χ2n) is 2.39. The molecule has 0 unspecified atom stereocenters. The minimum atomic E-state index is -2.26. The van der Waals surface area contributed by atoms with Gasteiger partial charge in [-0.1, -0.05) is 12.2 Å². The van der Waals surface area contributed by atoms with Gasteiger partial charge in [0.25, 0.3) is 0 Å². The maximum Gasteiger partial charge on any atom is 0.248 e. The van der Waals surface area contributed by atoms with E-state index >= 15 is 0 Å². The summed E-state index contributed by atoms with van der Waals surface area (Å²) in [6.45, 7) is 0. The smallest absolute Gasteiger partial charge is 0.248 e. The van der Waals surface area contributed by atoms with Crippen LogP contribution in [0.25, 0.3) is 10.4 Å². The summed E-state index contributed by atoms with van der Waals surface area (Å²) in [7, 11) is -2.26. The predicted octanol–water partition coefficient (Wildman–Crippen LogP) is 0.761. The van der Waals surface area contributed by atoms with E-state index < -0.39 is 16.2 Å². The number of azide groups is 1. The number of carbonyl (C=O) groups excluding carboxylic acids is 1. The van der Waals surface area contributed by atoms with Crippen molar-refractivity contribution < 1.29 is 13.2 Å². The van der Waals surface area contributed by atoms with Crippen molar-refractivity contribution in [1.82, 2.24) is 0 Å². The molecular weight excluding hydrogens is 206 g/mol. The number of nitrogens with zero attached hydrogens (tertiary/aromatic N) is 3. The number of rotatable bonds is 1. The van der Waals surface area contributed by atoms with Crippen LogP contribution in [0, 0.1) is 0 Å². The number of hydrogen-bond donors (Lipinski definition) is 0. The molecule has 0 saturated carbocycles. The van der Waals surface area contributed by atoms with Crippen molar-refractivity contribution in [3.05, 3.63) is 34.2 Å². The van der Waals surface area contributed by atoms with Crippen molar-refractivity contribution >= 4 is 21.1 Å². The van der Waals surface area contributed by atoms with Gasteiger partial charge in [0.1, 0.15) is 0 Å². The molecule has 0 saturated heterocycles. The van der Waals surface area contributed by atoms with Crippen LogP contribution in [0.4, 0.5) is 0 Å². The molecule has 1 aliphatic rings. The highest BCUT2D eigenvalue weighted by atomic mass is 32.2. The van der Waals surface area contributed by atoms with Crippen LogP contribution in [0.15, 0.2) is 28.9 Å². The molecule has 1 rings (SSSR count). The molecule has 6 nitrogen and oxygen atoms in total. The van der Waals surface area contributed by atoms with E-state index in [0.717, 1.165) is 0 Å². The minimum Gasteiger partial charge on any atom is -0.287 e. The summed E-state index contributed by atoms with van der Waals surface area (Å²) in [5.74, 6) is -0.709. The topological polar surface area (TPSA) is 100.0 Å². The van der Waals surface area contributed by atoms with Crippen LogP contribution in [0.3, 0.4) is 0 Å². The van der Waals surface area contributed by atoms with E-state index in [1.165, 1.54) is 18.2 Å². The van der Waals surface area contributed by atoms with E-state index in [1.807, 2.05) is 0 Å². The number of hydrogen-bond acceptors (Lipinski definition) is 3. The molecule has 0 aromatic heterocycles. The van der Waals surface area contributed by atoms with Crippen molar-refractivity contribution in [2.45, 2.75) is 6.42 Å². The van der Waals surface area contributed by atoms with Crippen molar-refractivity contribution in [3.63, 3.8) is 0 Å². The molecule has 14 heavy (non-hydrogen) atoms. The van der Waals surface area contributed by atoms with Gasteiger partial charge in [0.2, 0.25) is 16.2 Å². The number of carbonyl (C=O) groups is 1. The normalized spacial score (nSPS) is 14.3. The minimum absolute atomic E-state index is 0.147. The first-order chi connectivity index (χ1) is 6.65. The summed E-state index contributed by atoms with van der Waals surface area (Å²) in [5.41, 5.74) is 8.20. The molecule has 0 aromatic rings. The summed E-state index contributed by atoms with van der Waals surface area (Å²) >= 11 is 0. The lowest BCUT2D eigenvalue weighted by Gasteiger charge is -2.01. The summed E-state index contributed by atoms with van der Waals surface area (Å²) in [5, 5.41) is 2.88. The second kappa shape index (κ2) is 4.40. The lowest BCUT2D eigenvalue weighted by Crippen LogP contribution is -2.04. The Bertz CT molecular complexity index is 498. The van der Waals surface area contributed by atoms with Gasteiger partial charge in [-0.2, -0.15) is 8.42 Å². The third kappa shape index (κ3) is 2.32. The molecule has 72 valence electrons. The Kier molecular flexibility index (Phi) is 3.22. The van der Waals surface area contributed by atoms with Gasteiger partial charge in [-0.25, -0.2) is 0 Å². The van der Waals surface area contributed by atoms with Crippen molar-refractivity contribution in [3.8, 4) is 0 Å². The standard InChI is InChI=1S/C7H5N3O3S/c8-10-9-7(11)5-1-3-6(4-2-5)14(12)13/h1-3H,4H2. The molecule has 1 amide bonds. The molecule has 0 aromatic carbocycles. The van der Waals surface area contributed by atoms with Gasteiger partial charge in [0.15, 0.2) is 0 Å². The number of amides is 1. The van der Waals surface area contributed by atoms with Crippen molar-refractivity contribution in [1.29, 1.82) is 0 Å². The zero-order valence-corrected chi connectivity index (χ0v) is 7.73. The Morgan fingerprint density at radius 3 is 2.64 bits per heavy atom. The number of allylic oxidation sites excluding steroid dienone is 2. The van der Waals surface area contributed by atoms with E-state index in [9.17, 15) is 13.2 Å². The molecule has 0 bridgehead atoms. The van der Waals surface area contributed by atoms with Gasteiger partial charge in [0, 0.05) is 16.9 Å². The Morgan fingerprint density at radius 2 is 2.21 bits per heavy atom. The zero-order valence-electron chi connectivity index (χ0n) is 6.91. The summed E-state index contributed by atoms with van der Waals surface area (Å²) in [6.07, 6.45) is 4.17. The largest absolute Gasteiger partial charge is 0.287 e. The van der Waals surface area contributed by atoms with Crippen LogP contribution in [-0.2, 0) is 15.1 Å². The fourth-order valence-corrected chi connectivity index (χ4v) is 1.31. The predicted molar refractivity (Wildman–Crippen MR) is 49.9 cm³/mol. The summed E-state index contributed by atoms with van der Waals surface area (Å²) in [6, 6.07) is 0. The first kappa shape index (κ1) is 10.2. The van der Waals surface area contributed by atoms with Gasteiger partial charge in [-0.15, -0.1) is 0 Å². The highest BCUT2D eigenvalue weighted by molar-refractivity contribution is 7.73. The fraction of sp³-hybridized carbons (Fsp3) is 0.143. The van der Waals surface area contributed by atoms with E-state index in [0.29, 0.717) is 0 Å². The van der Waals surface area contributed by atoms with E-state index in [-0.39, 0.29) is 16.9 Å². The van der Waals surface area contributed by atoms with Crippen molar-refractivity contribution in [2.24, 2.45) is 5.11 Å². The molecule has 0 fully saturated rings. The Balaban J connectivity index is 2.94. The molecule has 0 N–H and O–H groups in total. The Morgan fingerprint density at radius 1 is 1.50 bits per heavy atom. The second-order valence-corrected chi connectivity index (χ2v) is 3.39. The first-order valence-electron chi connectivity index (χ1n) is 3.58. The molecule has 0 aliphatic heterocycles. The summed E-state index contributed by atoms with van der Waals surface area (Å²) in [4.78, 5) is 13.5. The zero-order chi connectivity index (χ0) is 10.6. The molecule has 0 heterocycles. The monoisotopic (exact) mass is 211 g/mol. The molecule has 7 heteroatoms. The highest BCUT2D eigenvalue weighted by Gasteiger charge is 2.09. The van der Waals surface area contributed by atoms with Gasteiger partial charge in [-0.3, -0.25) is 4.79 Å². The van der Waals surface area contributed by atoms with E-state index in [4.69, 9.17) is 5.53 Å². The third-order valence-corrected chi connectivity index (χ3v) is 2.30. The molecule has 0 atom stereocenters. The molecule has 0 radical (unpaired) electrons. The Labute approximate surface area is 80.7 Å². The van der Waals surface area contributed by atoms with Crippen LogP contribution >= 0.6 is 0 Å². The molecule has 0 spiro atoms. The van der Waals surface area contributed by atoms with Gasteiger partial charge < -0.3 is 0 Å². The van der Waals surface area contributed by atoms with Gasteiger partial charge in [-0.05, 0) is 16.7 Å². The van der Waals surface area contributed by atoms with E-state index in [1.54, 1.807) is 0 Å². The van der Waals surface area contributed by atoms with E-state index in [2.05, 4.69) is 10.0 Å². The van der Waals surface area contributed by atoms with Gasteiger partial charge in [0.05, 0.1) is 4.86 Å². The lowest BCUT2D eigenvalue weighted by molar-refractivity contribution is -0.114. The lowest BCUT2D eigenvalue weighted by atomic mass is 10.1. The highest BCUT2D eigenvalue weighted by Crippen LogP contribution is 2.09. The third-order valence-electron chi connectivity index (χ3n) is 1.57. The molecular formula is C7H5N3O3S. The fourth-order valence-electron chi connectivity index (χ4n) is 0.910. The maximum atomic E-state index is 11.0. The maximum absolute atomic E-state index is 11.0.